The van der Waals surface area contributed by atoms with Gasteiger partial charge in [-0.1, -0.05) is 49.9 Å². The molecular weight excluding hydrogens is 222 g/mol. The van der Waals surface area contributed by atoms with Gasteiger partial charge < -0.3 is 10.8 Å². The maximum atomic E-state index is 10.4. The Kier molecular flexibility index (Phi) is 5.26. The fourth-order valence-corrected chi connectivity index (χ4v) is 1.92. The minimum absolute atomic E-state index is 0.248. The molecule has 0 fully saturated rings. The third-order valence-corrected chi connectivity index (χ3v) is 3.17. The van der Waals surface area contributed by atoms with Crippen LogP contribution in [0.4, 0.5) is 0 Å². The van der Waals surface area contributed by atoms with Crippen molar-refractivity contribution in [3.63, 3.8) is 0 Å². The van der Waals surface area contributed by atoms with E-state index in [-0.39, 0.29) is 6.54 Å². The van der Waals surface area contributed by atoms with Crippen LogP contribution in [0.1, 0.15) is 38.2 Å². The van der Waals surface area contributed by atoms with Crippen LogP contribution in [0.25, 0.3) is 0 Å². The highest BCUT2D eigenvalue weighted by Crippen LogP contribution is 2.27. The van der Waals surface area contributed by atoms with Gasteiger partial charge in [0.1, 0.15) is 5.60 Å². The van der Waals surface area contributed by atoms with E-state index in [0.717, 1.165) is 24.8 Å². The SMILES string of the molecule is CCCCCC(O)(CN)c1ccc(Cl)cc1. The molecule has 0 bridgehead atoms. The molecule has 0 spiro atoms. The van der Waals surface area contributed by atoms with Gasteiger partial charge in [0.2, 0.25) is 0 Å². The molecule has 0 aliphatic heterocycles. The highest BCUT2D eigenvalue weighted by molar-refractivity contribution is 6.30. The van der Waals surface area contributed by atoms with Gasteiger partial charge in [0.25, 0.3) is 0 Å². The second-order valence-electron chi connectivity index (χ2n) is 4.20. The molecule has 0 radical (unpaired) electrons. The Hall–Kier alpha value is -0.570. The summed E-state index contributed by atoms with van der Waals surface area (Å²) >= 11 is 5.82. The van der Waals surface area contributed by atoms with Crippen molar-refractivity contribution in [1.29, 1.82) is 0 Å². The standard InChI is InChI=1S/C13H20ClNO/c1-2-3-4-9-13(16,10-15)11-5-7-12(14)8-6-11/h5-8,16H,2-4,9-10,15H2,1H3. The molecule has 0 saturated heterocycles. The van der Waals surface area contributed by atoms with Gasteiger partial charge in [-0.25, -0.2) is 0 Å². The number of hydrogen-bond acceptors (Lipinski definition) is 2. The summed E-state index contributed by atoms with van der Waals surface area (Å²) in [4.78, 5) is 0. The van der Waals surface area contributed by atoms with E-state index in [1.807, 2.05) is 12.1 Å². The van der Waals surface area contributed by atoms with E-state index in [0.29, 0.717) is 11.4 Å². The molecule has 0 amide bonds. The van der Waals surface area contributed by atoms with E-state index in [1.165, 1.54) is 0 Å². The number of nitrogens with two attached hydrogens (primary N) is 1. The van der Waals surface area contributed by atoms with Crippen LogP contribution in [0.5, 0.6) is 0 Å². The largest absolute Gasteiger partial charge is 0.384 e. The van der Waals surface area contributed by atoms with Crippen molar-refractivity contribution in [2.75, 3.05) is 6.54 Å². The molecule has 0 aromatic heterocycles. The first-order chi connectivity index (χ1) is 7.62. The zero-order chi connectivity index (χ0) is 12.0. The topological polar surface area (TPSA) is 46.2 Å². The Morgan fingerprint density at radius 2 is 1.88 bits per heavy atom. The monoisotopic (exact) mass is 241 g/mol. The molecule has 1 rings (SSSR count). The van der Waals surface area contributed by atoms with Crippen molar-refractivity contribution in [2.24, 2.45) is 5.73 Å². The molecule has 16 heavy (non-hydrogen) atoms. The number of hydrogen-bond donors (Lipinski definition) is 2. The van der Waals surface area contributed by atoms with Crippen LogP contribution in [0, 0.1) is 0 Å². The first-order valence-corrected chi connectivity index (χ1v) is 6.18. The van der Waals surface area contributed by atoms with Gasteiger partial charge in [-0.15, -0.1) is 0 Å². The van der Waals surface area contributed by atoms with E-state index in [2.05, 4.69) is 6.92 Å². The fraction of sp³-hybridized carbons (Fsp3) is 0.538. The van der Waals surface area contributed by atoms with Crippen LogP contribution in [0.2, 0.25) is 5.02 Å². The van der Waals surface area contributed by atoms with Crippen LogP contribution in [0.3, 0.4) is 0 Å². The Labute approximate surface area is 102 Å². The van der Waals surface area contributed by atoms with Crippen molar-refractivity contribution in [3.05, 3.63) is 34.9 Å². The Bertz CT molecular complexity index is 312. The number of rotatable bonds is 6. The van der Waals surface area contributed by atoms with Crippen LogP contribution < -0.4 is 5.73 Å². The molecule has 0 saturated carbocycles. The summed E-state index contributed by atoms with van der Waals surface area (Å²) in [5, 5.41) is 11.1. The molecule has 1 atom stereocenters. The molecular formula is C13H20ClNO. The second-order valence-corrected chi connectivity index (χ2v) is 4.64. The molecule has 90 valence electrons. The molecule has 1 aromatic carbocycles. The molecule has 0 aliphatic rings. The van der Waals surface area contributed by atoms with Crippen molar-refractivity contribution < 1.29 is 5.11 Å². The summed E-state index contributed by atoms with van der Waals surface area (Å²) in [7, 11) is 0. The molecule has 2 nitrogen and oxygen atoms in total. The van der Waals surface area contributed by atoms with Gasteiger partial charge in [0.15, 0.2) is 0 Å². The predicted octanol–water partition coefficient (Wildman–Crippen LogP) is 3.07. The van der Waals surface area contributed by atoms with Crippen molar-refractivity contribution in [2.45, 2.75) is 38.2 Å². The summed E-state index contributed by atoms with van der Waals surface area (Å²) in [6, 6.07) is 7.27. The van der Waals surface area contributed by atoms with Crippen molar-refractivity contribution in [3.8, 4) is 0 Å². The van der Waals surface area contributed by atoms with Gasteiger partial charge in [-0.3, -0.25) is 0 Å². The summed E-state index contributed by atoms with van der Waals surface area (Å²) in [5.74, 6) is 0. The summed E-state index contributed by atoms with van der Waals surface area (Å²) < 4.78 is 0. The van der Waals surface area contributed by atoms with E-state index in [9.17, 15) is 5.11 Å². The molecule has 0 heterocycles. The highest BCUT2D eigenvalue weighted by atomic mass is 35.5. The van der Waals surface area contributed by atoms with E-state index in [4.69, 9.17) is 17.3 Å². The van der Waals surface area contributed by atoms with Gasteiger partial charge in [0.05, 0.1) is 0 Å². The lowest BCUT2D eigenvalue weighted by atomic mass is 9.88. The average molecular weight is 242 g/mol. The summed E-state index contributed by atoms with van der Waals surface area (Å²) in [6.45, 7) is 2.39. The lowest BCUT2D eigenvalue weighted by molar-refractivity contribution is 0.0340. The first-order valence-electron chi connectivity index (χ1n) is 5.81. The number of unbranched alkanes of at least 4 members (excludes halogenated alkanes) is 2. The van der Waals surface area contributed by atoms with Gasteiger partial charge in [0, 0.05) is 11.6 Å². The average Bonchev–Trinajstić information content (AvgIpc) is 2.30. The third kappa shape index (κ3) is 3.48. The zero-order valence-electron chi connectivity index (χ0n) is 9.75. The van der Waals surface area contributed by atoms with Crippen molar-refractivity contribution >= 4 is 11.6 Å². The minimum Gasteiger partial charge on any atom is -0.384 e. The zero-order valence-corrected chi connectivity index (χ0v) is 10.5. The molecule has 3 heteroatoms. The Balaban J connectivity index is 2.74. The quantitative estimate of drug-likeness (QED) is 0.752. The number of halogens is 1. The highest BCUT2D eigenvalue weighted by Gasteiger charge is 2.26. The lowest BCUT2D eigenvalue weighted by Gasteiger charge is -2.27. The fourth-order valence-electron chi connectivity index (χ4n) is 1.79. The minimum atomic E-state index is -0.903. The summed E-state index contributed by atoms with van der Waals surface area (Å²) in [5.41, 5.74) is 5.63. The number of aliphatic hydroxyl groups is 1. The molecule has 3 N–H and O–H groups in total. The van der Waals surface area contributed by atoms with E-state index in [1.54, 1.807) is 12.1 Å². The van der Waals surface area contributed by atoms with Gasteiger partial charge >= 0.3 is 0 Å². The lowest BCUT2D eigenvalue weighted by Crippen LogP contribution is -2.34. The first kappa shape index (κ1) is 13.5. The van der Waals surface area contributed by atoms with Gasteiger partial charge in [-0.2, -0.15) is 0 Å². The van der Waals surface area contributed by atoms with Crippen molar-refractivity contribution in [1.82, 2.24) is 0 Å². The van der Waals surface area contributed by atoms with Crippen LogP contribution in [-0.4, -0.2) is 11.7 Å². The van der Waals surface area contributed by atoms with Crippen LogP contribution in [-0.2, 0) is 5.60 Å². The maximum Gasteiger partial charge on any atom is 0.102 e. The van der Waals surface area contributed by atoms with Gasteiger partial charge in [-0.05, 0) is 24.1 Å². The van der Waals surface area contributed by atoms with E-state index >= 15 is 0 Å². The van der Waals surface area contributed by atoms with Crippen LogP contribution in [0.15, 0.2) is 24.3 Å². The third-order valence-electron chi connectivity index (χ3n) is 2.91. The molecule has 1 aromatic rings. The second kappa shape index (κ2) is 6.24. The Morgan fingerprint density at radius 3 is 2.38 bits per heavy atom. The smallest absolute Gasteiger partial charge is 0.102 e. The normalized spacial score (nSPS) is 14.8. The maximum absolute atomic E-state index is 10.4. The molecule has 0 aliphatic carbocycles. The number of benzene rings is 1. The van der Waals surface area contributed by atoms with E-state index < -0.39 is 5.60 Å². The Morgan fingerprint density at radius 1 is 1.25 bits per heavy atom. The van der Waals surface area contributed by atoms with Crippen LogP contribution >= 0.6 is 11.6 Å². The summed E-state index contributed by atoms with van der Waals surface area (Å²) in [6.07, 6.45) is 3.96. The predicted molar refractivity (Wildman–Crippen MR) is 68.5 cm³/mol. The molecule has 1 unspecified atom stereocenters.